The van der Waals surface area contributed by atoms with Crippen LogP contribution < -0.4 is 4.72 Å². The Bertz CT molecular complexity index is 1290. The maximum absolute atomic E-state index is 13.9. The fourth-order valence-electron chi connectivity index (χ4n) is 3.52. The quantitative estimate of drug-likeness (QED) is 0.606. The number of benzene rings is 3. The monoisotopic (exact) mass is 452 g/mol. The second-order valence-corrected chi connectivity index (χ2v) is 9.07. The summed E-state index contributed by atoms with van der Waals surface area (Å²) in [5.41, 5.74) is 2.15. The van der Waals surface area contributed by atoms with Crippen molar-refractivity contribution in [3.8, 4) is 5.75 Å². The lowest BCUT2D eigenvalue weighted by Gasteiger charge is -2.27. The molecule has 0 unspecified atom stereocenters. The fraction of sp³-hybridized carbons (Fsp3) is 0.125. The van der Waals surface area contributed by atoms with Crippen molar-refractivity contribution in [2.45, 2.75) is 11.3 Å². The van der Waals surface area contributed by atoms with Crippen LogP contribution in [0.1, 0.15) is 22.3 Å². The number of carbonyl (C=O) groups excluding carboxylic acids is 1. The van der Waals surface area contributed by atoms with Crippen molar-refractivity contribution in [3.05, 3.63) is 95.8 Å². The number of rotatable bonds is 5. The van der Waals surface area contributed by atoms with Gasteiger partial charge in [0.15, 0.2) is 0 Å². The molecule has 1 aliphatic heterocycles. The van der Waals surface area contributed by atoms with Gasteiger partial charge in [-0.3, -0.25) is 9.52 Å². The normalized spacial score (nSPS) is 14.0. The number of sulfonamides is 1. The minimum absolute atomic E-state index is 0.121. The molecule has 8 heteroatoms. The molecule has 3 aromatic rings. The summed E-state index contributed by atoms with van der Waals surface area (Å²) in [6.45, 7) is 0.871. The molecule has 0 spiro atoms. The van der Waals surface area contributed by atoms with Crippen LogP contribution in [0.4, 0.5) is 10.1 Å². The van der Waals surface area contributed by atoms with Crippen LogP contribution in [0, 0.1) is 5.82 Å². The number of halogens is 1. The standard InChI is InChI=1S/C24H21FN2O4S/c25-22-6-1-2-7-23(22)26-32(30,31)21-5-3-4-19(16-21)24(29)27-14-12-18(13-15-27)17-8-10-20(28)11-9-17/h1-12,16,26,28H,13-15H2. The molecule has 0 saturated carbocycles. The maximum atomic E-state index is 13.9. The van der Waals surface area contributed by atoms with E-state index in [0.29, 0.717) is 19.5 Å². The van der Waals surface area contributed by atoms with Gasteiger partial charge >= 0.3 is 0 Å². The molecular formula is C24H21FN2O4S. The number of nitrogens with zero attached hydrogens (tertiary/aromatic N) is 1. The van der Waals surface area contributed by atoms with E-state index in [-0.39, 0.29) is 27.8 Å². The van der Waals surface area contributed by atoms with E-state index in [0.717, 1.165) is 17.2 Å². The van der Waals surface area contributed by atoms with E-state index in [2.05, 4.69) is 4.72 Å². The molecule has 0 aromatic heterocycles. The van der Waals surface area contributed by atoms with Gasteiger partial charge < -0.3 is 10.0 Å². The molecule has 1 amide bonds. The number of nitrogens with one attached hydrogen (secondary N) is 1. The van der Waals surface area contributed by atoms with Crippen LogP contribution in [0.5, 0.6) is 5.75 Å². The lowest BCUT2D eigenvalue weighted by molar-refractivity contribution is 0.0772. The van der Waals surface area contributed by atoms with Crippen LogP contribution in [0.15, 0.2) is 83.8 Å². The van der Waals surface area contributed by atoms with Gasteiger partial charge in [0.1, 0.15) is 11.6 Å². The van der Waals surface area contributed by atoms with Gasteiger partial charge in [-0.1, -0.05) is 36.4 Å². The third kappa shape index (κ3) is 4.65. The molecule has 0 aliphatic carbocycles. The van der Waals surface area contributed by atoms with Crippen LogP contribution in [0.2, 0.25) is 0 Å². The van der Waals surface area contributed by atoms with Gasteiger partial charge in [0, 0.05) is 18.7 Å². The Labute approximate surface area is 185 Å². The topological polar surface area (TPSA) is 86.7 Å². The third-order valence-electron chi connectivity index (χ3n) is 5.24. The second kappa shape index (κ2) is 8.84. The predicted octanol–water partition coefficient (Wildman–Crippen LogP) is 4.26. The van der Waals surface area contributed by atoms with Crippen LogP contribution in [0.25, 0.3) is 5.57 Å². The SMILES string of the molecule is O=C(c1cccc(S(=O)(=O)Nc2ccccc2F)c1)N1CC=C(c2ccc(O)cc2)CC1. The zero-order valence-electron chi connectivity index (χ0n) is 17.0. The number of phenolic OH excluding ortho intramolecular Hbond substituents is 1. The zero-order valence-corrected chi connectivity index (χ0v) is 17.8. The first-order valence-corrected chi connectivity index (χ1v) is 11.5. The highest BCUT2D eigenvalue weighted by Gasteiger charge is 2.22. The van der Waals surface area contributed by atoms with E-state index in [1.807, 2.05) is 18.2 Å². The summed E-state index contributed by atoms with van der Waals surface area (Å²) < 4.78 is 41.5. The van der Waals surface area contributed by atoms with Gasteiger partial charge in [0.25, 0.3) is 15.9 Å². The van der Waals surface area contributed by atoms with Crippen molar-refractivity contribution in [2.24, 2.45) is 0 Å². The van der Waals surface area contributed by atoms with Crippen molar-refractivity contribution in [1.82, 2.24) is 4.90 Å². The number of phenols is 1. The summed E-state index contributed by atoms with van der Waals surface area (Å²) >= 11 is 0. The molecular weight excluding hydrogens is 431 g/mol. The molecule has 0 fully saturated rings. The van der Waals surface area contributed by atoms with Gasteiger partial charge in [0.2, 0.25) is 0 Å². The smallest absolute Gasteiger partial charge is 0.262 e. The molecule has 0 atom stereocenters. The largest absolute Gasteiger partial charge is 0.508 e. The Kier molecular flexibility index (Phi) is 5.96. The Hall–Kier alpha value is -3.65. The number of hydrogen-bond donors (Lipinski definition) is 2. The first kappa shape index (κ1) is 21.6. The first-order valence-electron chi connectivity index (χ1n) is 9.98. The van der Waals surface area contributed by atoms with Gasteiger partial charge in [-0.2, -0.15) is 0 Å². The van der Waals surface area contributed by atoms with Crippen molar-refractivity contribution >= 4 is 27.2 Å². The van der Waals surface area contributed by atoms with Crippen LogP contribution >= 0.6 is 0 Å². The average molecular weight is 453 g/mol. The van der Waals surface area contributed by atoms with Crippen molar-refractivity contribution < 1.29 is 22.7 Å². The summed E-state index contributed by atoms with van der Waals surface area (Å²) in [5, 5.41) is 9.43. The molecule has 0 saturated heterocycles. The molecule has 1 heterocycles. The van der Waals surface area contributed by atoms with Crippen molar-refractivity contribution in [3.63, 3.8) is 0 Å². The van der Waals surface area contributed by atoms with Gasteiger partial charge in [-0.15, -0.1) is 0 Å². The van der Waals surface area contributed by atoms with Crippen molar-refractivity contribution in [1.29, 1.82) is 0 Å². The van der Waals surface area contributed by atoms with Gasteiger partial charge in [-0.05, 0) is 60.0 Å². The van der Waals surface area contributed by atoms with E-state index >= 15 is 0 Å². The van der Waals surface area contributed by atoms with Crippen LogP contribution in [-0.2, 0) is 10.0 Å². The molecule has 0 bridgehead atoms. The molecule has 2 N–H and O–H groups in total. The zero-order chi connectivity index (χ0) is 22.7. The number of carbonyl (C=O) groups is 1. The van der Waals surface area contributed by atoms with Crippen molar-refractivity contribution in [2.75, 3.05) is 17.8 Å². The molecule has 3 aromatic carbocycles. The van der Waals surface area contributed by atoms with E-state index in [4.69, 9.17) is 0 Å². The minimum atomic E-state index is -4.06. The minimum Gasteiger partial charge on any atom is -0.508 e. The first-order chi connectivity index (χ1) is 15.3. The lowest BCUT2D eigenvalue weighted by atomic mass is 9.99. The summed E-state index contributed by atoms with van der Waals surface area (Å²) in [7, 11) is -4.06. The highest BCUT2D eigenvalue weighted by molar-refractivity contribution is 7.92. The van der Waals surface area contributed by atoms with Crippen LogP contribution in [-0.4, -0.2) is 37.4 Å². The average Bonchev–Trinajstić information content (AvgIpc) is 2.81. The number of aromatic hydroxyl groups is 1. The Morgan fingerprint density at radius 1 is 1.00 bits per heavy atom. The number of hydrogen-bond acceptors (Lipinski definition) is 4. The second-order valence-electron chi connectivity index (χ2n) is 7.39. The fourth-order valence-corrected chi connectivity index (χ4v) is 4.63. The van der Waals surface area contributed by atoms with E-state index in [9.17, 15) is 22.7 Å². The molecule has 0 radical (unpaired) electrons. The summed E-state index contributed by atoms with van der Waals surface area (Å²) in [6.07, 6.45) is 2.59. The third-order valence-corrected chi connectivity index (χ3v) is 6.61. The number of para-hydroxylation sites is 1. The highest BCUT2D eigenvalue weighted by atomic mass is 32.2. The van der Waals surface area contributed by atoms with E-state index < -0.39 is 15.8 Å². The molecule has 6 nitrogen and oxygen atoms in total. The number of anilines is 1. The van der Waals surface area contributed by atoms with Gasteiger partial charge in [0.05, 0.1) is 10.6 Å². The number of amides is 1. The maximum Gasteiger partial charge on any atom is 0.262 e. The lowest BCUT2D eigenvalue weighted by Crippen LogP contribution is -2.34. The Morgan fingerprint density at radius 3 is 2.44 bits per heavy atom. The molecule has 1 aliphatic rings. The van der Waals surface area contributed by atoms with E-state index in [1.54, 1.807) is 23.1 Å². The predicted molar refractivity (Wildman–Crippen MR) is 120 cm³/mol. The highest BCUT2D eigenvalue weighted by Crippen LogP contribution is 2.25. The van der Waals surface area contributed by atoms with Gasteiger partial charge in [-0.25, -0.2) is 12.8 Å². The summed E-state index contributed by atoms with van der Waals surface area (Å²) in [6, 6.07) is 18.1. The molecule has 32 heavy (non-hydrogen) atoms. The Balaban J connectivity index is 1.50. The van der Waals surface area contributed by atoms with E-state index in [1.165, 1.54) is 36.4 Å². The summed E-state index contributed by atoms with van der Waals surface area (Å²) in [4.78, 5) is 14.5. The summed E-state index contributed by atoms with van der Waals surface area (Å²) in [5.74, 6) is -0.775. The molecule has 164 valence electrons. The Morgan fingerprint density at radius 2 is 1.75 bits per heavy atom. The molecule has 4 rings (SSSR count). The van der Waals surface area contributed by atoms with Crippen LogP contribution in [0.3, 0.4) is 0 Å².